The predicted molar refractivity (Wildman–Crippen MR) is 115 cm³/mol. The van der Waals surface area contributed by atoms with E-state index in [-0.39, 0.29) is 11.8 Å². The number of para-hydroxylation sites is 2. The van der Waals surface area contributed by atoms with Gasteiger partial charge >= 0.3 is 0 Å². The fraction of sp³-hybridized carbons (Fsp3) is 0. The molecular formula is C21H15ClN4O2S. The summed E-state index contributed by atoms with van der Waals surface area (Å²) in [6.45, 7) is 0. The Morgan fingerprint density at radius 1 is 0.931 bits per heavy atom. The van der Waals surface area contributed by atoms with Crippen molar-refractivity contribution < 1.29 is 9.59 Å². The lowest BCUT2D eigenvalue weighted by molar-refractivity contribution is 0.101. The van der Waals surface area contributed by atoms with Crippen LogP contribution in [0.15, 0.2) is 78.4 Å². The zero-order valence-corrected chi connectivity index (χ0v) is 16.6. The molecular weight excluding hydrogens is 408 g/mol. The van der Waals surface area contributed by atoms with Gasteiger partial charge in [-0.2, -0.15) is 5.10 Å². The van der Waals surface area contributed by atoms with E-state index in [0.29, 0.717) is 26.8 Å². The maximum Gasteiger partial charge on any atom is 0.265 e. The van der Waals surface area contributed by atoms with Crippen molar-refractivity contribution in [2.75, 3.05) is 10.6 Å². The maximum atomic E-state index is 12.8. The van der Waals surface area contributed by atoms with E-state index in [9.17, 15) is 9.59 Å². The van der Waals surface area contributed by atoms with E-state index in [2.05, 4.69) is 15.7 Å². The predicted octanol–water partition coefficient (Wildman–Crippen LogP) is 5.09. The topological polar surface area (TPSA) is 76.0 Å². The van der Waals surface area contributed by atoms with Crippen LogP contribution in [-0.4, -0.2) is 21.6 Å². The summed E-state index contributed by atoms with van der Waals surface area (Å²) in [4.78, 5) is 25.7. The van der Waals surface area contributed by atoms with Crippen molar-refractivity contribution in [3.8, 4) is 5.69 Å². The third-order valence-corrected chi connectivity index (χ3v) is 5.32. The summed E-state index contributed by atoms with van der Waals surface area (Å²) in [5.74, 6) is -0.601. The molecule has 4 aromatic rings. The summed E-state index contributed by atoms with van der Waals surface area (Å²) in [5, 5.41) is 12.0. The molecule has 0 atom stereocenters. The van der Waals surface area contributed by atoms with Crippen LogP contribution in [0.2, 0.25) is 5.02 Å². The molecule has 0 aliphatic rings. The number of rotatable bonds is 5. The molecule has 2 N–H and O–H groups in total. The highest BCUT2D eigenvalue weighted by molar-refractivity contribution is 7.12. The molecule has 0 saturated heterocycles. The molecule has 0 unspecified atom stereocenters. The van der Waals surface area contributed by atoms with Gasteiger partial charge in [-0.3, -0.25) is 9.59 Å². The number of anilines is 2. The number of nitrogens with one attached hydrogen (secondary N) is 2. The number of carbonyl (C=O) groups is 2. The first-order valence-corrected chi connectivity index (χ1v) is 9.92. The Balaban J connectivity index is 1.57. The summed E-state index contributed by atoms with van der Waals surface area (Å²) in [6, 6.07) is 17.4. The van der Waals surface area contributed by atoms with Crippen LogP contribution >= 0.6 is 22.9 Å². The lowest BCUT2D eigenvalue weighted by Gasteiger charge is -2.12. The molecule has 29 heavy (non-hydrogen) atoms. The summed E-state index contributed by atoms with van der Waals surface area (Å²) >= 11 is 7.53. The third kappa shape index (κ3) is 4.21. The fourth-order valence-electron chi connectivity index (χ4n) is 2.74. The molecule has 0 fully saturated rings. The Labute approximate surface area is 175 Å². The number of nitrogens with zero attached hydrogens (tertiary/aromatic N) is 2. The monoisotopic (exact) mass is 422 g/mol. The number of hydrogen-bond donors (Lipinski definition) is 2. The van der Waals surface area contributed by atoms with E-state index in [1.807, 2.05) is 23.6 Å². The largest absolute Gasteiger partial charge is 0.320 e. The highest BCUT2D eigenvalue weighted by Gasteiger charge is 2.14. The van der Waals surface area contributed by atoms with Crippen LogP contribution in [0.4, 0.5) is 11.4 Å². The highest BCUT2D eigenvalue weighted by atomic mass is 35.5. The Bertz CT molecular complexity index is 1160. The smallest absolute Gasteiger partial charge is 0.265 e. The van der Waals surface area contributed by atoms with Gasteiger partial charge in [-0.15, -0.1) is 11.3 Å². The molecule has 0 radical (unpaired) electrons. The minimum absolute atomic E-state index is 0.275. The molecule has 0 aliphatic carbocycles. The highest BCUT2D eigenvalue weighted by Crippen LogP contribution is 2.26. The second-order valence-electron chi connectivity index (χ2n) is 6.05. The maximum absolute atomic E-state index is 12.8. The van der Waals surface area contributed by atoms with E-state index in [1.165, 1.54) is 11.3 Å². The molecule has 2 heterocycles. The first-order valence-electron chi connectivity index (χ1n) is 8.66. The van der Waals surface area contributed by atoms with Gasteiger partial charge in [0.25, 0.3) is 11.8 Å². The van der Waals surface area contributed by atoms with E-state index in [4.69, 9.17) is 11.6 Å². The van der Waals surface area contributed by atoms with Crippen LogP contribution in [0.1, 0.15) is 20.0 Å². The number of halogens is 1. The molecule has 0 bridgehead atoms. The third-order valence-electron chi connectivity index (χ3n) is 4.13. The van der Waals surface area contributed by atoms with Crippen LogP contribution in [0.25, 0.3) is 5.69 Å². The number of hydrogen-bond acceptors (Lipinski definition) is 4. The van der Waals surface area contributed by atoms with Gasteiger partial charge in [0.1, 0.15) is 0 Å². The second kappa shape index (κ2) is 8.30. The fourth-order valence-corrected chi connectivity index (χ4v) is 3.52. The van der Waals surface area contributed by atoms with Crippen molar-refractivity contribution in [1.82, 2.24) is 9.78 Å². The molecule has 0 aliphatic heterocycles. The van der Waals surface area contributed by atoms with Gasteiger partial charge in [0, 0.05) is 18.0 Å². The molecule has 6 nitrogen and oxygen atoms in total. The molecule has 8 heteroatoms. The number of benzene rings is 2. The van der Waals surface area contributed by atoms with E-state index in [0.717, 1.165) is 5.69 Å². The summed E-state index contributed by atoms with van der Waals surface area (Å²) in [5.41, 5.74) is 2.09. The number of thiophene rings is 1. The van der Waals surface area contributed by atoms with E-state index < -0.39 is 0 Å². The Morgan fingerprint density at radius 2 is 1.76 bits per heavy atom. The van der Waals surface area contributed by atoms with Gasteiger partial charge in [-0.05, 0) is 47.8 Å². The Hall–Kier alpha value is -3.42. The zero-order chi connectivity index (χ0) is 20.2. The minimum Gasteiger partial charge on any atom is -0.320 e. The van der Waals surface area contributed by atoms with Crippen LogP contribution in [0.5, 0.6) is 0 Å². The molecule has 0 saturated carbocycles. The van der Waals surface area contributed by atoms with Crippen molar-refractivity contribution in [1.29, 1.82) is 0 Å². The standard InChI is InChI=1S/C21H15ClN4O2S/c22-15-9-8-14(13-17(15)25-21(28)19-7-3-12-29-19)20(27)24-16-5-1-2-6-18(16)26-11-4-10-23-26/h1-13H,(H,24,27)(H,25,28). The van der Waals surface area contributed by atoms with Crippen LogP contribution < -0.4 is 10.6 Å². The van der Waals surface area contributed by atoms with Crippen molar-refractivity contribution in [3.05, 3.63) is 93.9 Å². The number of carbonyl (C=O) groups excluding carboxylic acids is 2. The molecule has 4 rings (SSSR count). The minimum atomic E-state index is -0.326. The summed E-state index contributed by atoms with van der Waals surface area (Å²) in [7, 11) is 0. The van der Waals surface area contributed by atoms with Gasteiger partial charge in [0.15, 0.2) is 0 Å². The van der Waals surface area contributed by atoms with Crippen LogP contribution in [-0.2, 0) is 0 Å². The summed E-state index contributed by atoms with van der Waals surface area (Å²) < 4.78 is 1.67. The summed E-state index contributed by atoms with van der Waals surface area (Å²) in [6.07, 6.45) is 3.46. The molecule has 144 valence electrons. The Morgan fingerprint density at radius 3 is 2.52 bits per heavy atom. The molecule has 2 aromatic heterocycles. The average molecular weight is 423 g/mol. The molecule has 0 spiro atoms. The zero-order valence-electron chi connectivity index (χ0n) is 15.0. The second-order valence-corrected chi connectivity index (χ2v) is 7.40. The Kier molecular flexibility index (Phi) is 5.41. The van der Waals surface area contributed by atoms with Crippen LogP contribution in [0, 0.1) is 0 Å². The number of aromatic nitrogens is 2. The van der Waals surface area contributed by atoms with Gasteiger partial charge in [-0.1, -0.05) is 29.8 Å². The van der Waals surface area contributed by atoms with Crippen molar-refractivity contribution in [3.63, 3.8) is 0 Å². The average Bonchev–Trinajstić information content (AvgIpc) is 3.44. The van der Waals surface area contributed by atoms with Gasteiger partial charge in [0.05, 0.1) is 27.0 Å². The molecule has 2 aromatic carbocycles. The van der Waals surface area contributed by atoms with Gasteiger partial charge in [-0.25, -0.2) is 4.68 Å². The first-order chi connectivity index (χ1) is 14.1. The van der Waals surface area contributed by atoms with Crippen molar-refractivity contribution in [2.24, 2.45) is 0 Å². The lowest BCUT2D eigenvalue weighted by atomic mass is 10.1. The molecule has 2 amide bonds. The lowest BCUT2D eigenvalue weighted by Crippen LogP contribution is -2.15. The SMILES string of the molecule is O=C(Nc1ccccc1-n1cccn1)c1ccc(Cl)c(NC(=O)c2cccs2)c1. The normalized spacial score (nSPS) is 10.5. The van der Waals surface area contributed by atoms with Crippen LogP contribution in [0.3, 0.4) is 0 Å². The van der Waals surface area contributed by atoms with Crippen molar-refractivity contribution >= 4 is 46.1 Å². The van der Waals surface area contributed by atoms with Gasteiger partial charge < -0.3 is 10.6 Å². The van der Waals surface area contributed by atoms with Gasteiger partial charge in [0.2, 0.25) is 0 Å². The van der Waals surface area contributed by atoms with E-state index in [1.54, 1.807) is 59.5 Å². The van der Waals surface area contributed by atoms with E-state index >= 15 is 0 Å². The quantitative estimate of drug-likeness (QED) is 0.470. The van der Waals surface area contributed by atoms with Crippen molar-refractivity contribution in [2.45, 2.75) is 0 Å². The first kappa shape index (κ1) is 18.9. The number of amides is 2.